The van der Waals surface area contributed by atoms with Gasteiger partial charge in [0, 0.05) is 18.2 Å². The molecule has 3 aromatic rings. The maximum absolute atomic E-state index is 12.7. The largest absolute Gasteiger partial charge is 0.345 e. The molecular formula is C18H24N6O2S. The van der Waals surface area contributed by atoms with Gasteiger partial charge in [-0.3, -0.25) is 4.40 Å². The van der Waals surface area contributed by atoms with E-state index < -0.39 is 10.0 Å². The second kappa shape index (κ2) is 6.27. The van der Waals surface area contributed by atoms with Crippen molar-refractivity contribution in [3.63, 3.8) is 0 Å². The molecule has 0 bridgehead atoms. The number of aromatic nitrogens is 5. The highest BCUT2D eigenvalue weighted by molar-refractivity contribution is 7.90. The number of hydrogen-bond donors (Lipinski definition) is 2. The molecule has 3 aromatic heterocycles. The third kappa shape index (κ3) is 2.84. The van der Waals surface area contributed by atoms with Crippen LogP contribution in [0.4, 0.5) is 0 Å². The van der Waals surface area contributed by atoms with Crippen molar-refractivity contribution < 1.29 is 8.42 Å². The zero-order valence-corrected chi connectivity index (χ0v) is 16.1. The molecule has 2 N–H and O–H groups in total. The quantitative estimate of drug-likeness (QED) is 0.714. The molecule has 2 fully saturated rings. The fourth-order valence-electron chi connectivity index (χ4n) is 4.87. The Hall–Kier alpha value is -2.00. The summed E-state index contributed by atoms with van der Waals surface area (Å²) in [6.45, 7) is 2.17. The van der Waals surface area contributed by atoms with Crippen molar-refractivity contribution in [1.29, 1.82) is 0 Å². The third-order valence-corrected chi connectivity index (χ3v) is 8.26. The van der Waals surface area contributed by atoms with E-state index in [9.17, 15) is 8.42 Å². The number of hydrogen-bond acceptors (Lipinski definition) is 5. The summed E-state index contributed by atoms with van der Waals surface area (Å²) in [5, 5.41) is 8.52. The first kappa shape index (κ1) is 17.1. The van der Waals surface area contributed by atoms with Gasteiger partial charge in [0.15, 0.2) is 11.3 Å². The van der Waals surface area contributed by atoms with Crippen LogP contribution in [-0.2, 0) is 10.0 Å². The zero-order chi connectivity index (χ0) is 18.6. The Balaban J connectivity index is 1.43. The molecule has 8 nitrogen and oxygen atoms in total. The molecular weight excluding hydrogens is 364 g/mol. The smallest absolute Gasteiger partial charge is 0.214 e. The fraction of sp³-hybridized carbons (Fsp3) is 0.611. The molecule has 2 saturated carbocycles. The summed E-state index contributed by atoms with van der Waals surface area (Å²) < 4.78 is 30.4. The van der Waals surface area contributed by atoms with Gasteiger partial charge in [0.25, 0.3) is 0 Å². The lowest BCUT2D eigenvalue weighted by atomic mass is 9.97. The molecule has 0 saturated heterocycles. The fourth-order valence-corrected chi connectivity index (χ4v) is 6.67. The summed E-state index contributed by atoms with van der Waals surface area (Å²) in [5.74, 6) is 1.39. The molecule has 27 heavy (non-hydrogen) atoms. The highest BCUT2D eigenvalue weighted by atomic mass is 32.2. The molecule has 3 atom stereocenters. The van der Waals surface area contributed by atoms with E-state index in [-0.39, 0.29) is 17.2 Å². The number of fused-ring (bicyclic) bond motifs is 3. The highest BCUT2D eigenvalue weighted by Crippen LogP contribution is 2.40. The Labute approximate surface area is 157 Å². The van der Waals surface area contributed by atoms with E-state index in [1.165, 1.54) is 0 Å². The molecule has 5 rings (SSSR count). The molecule has 3 heterocycles. The van der Waals surface area contributed by atoms with Gasteiger partial charge in [-0.1, -0.05) is 19.8 Å². The normalized spacial score (nSPS) is 27.2. The number of nitrogens with zero attached hydrogens (tertiary/aromatic N) is 4. The van der Waals surface area contributed by atoms with Gasteiger partial charge in [-0.05, 0) is 37.7 Å². The molecule has 0 amide bonds. The van der Waals surface area contributed by atoms with Gasteiger partial charge >= 0.3 is 0 Å². The van der Waals surface area contributed by atoms with Gasteiger partial charge in [0.2, 0.25) is 10.0 Å². The first-order chi connectivity index (χ1) is 13.0. The first-order valence-electron chi connectivity index (χ1n) is 9.71. The first-order valence-corrected chi connectivity index (χ1v) is 11.3. The van der Waals surface area contributed by atoms with Crippen molar-refractivity contribution in [3.05, 3.63) is 24.3 Å². The number of rotatable bonds is 4. The zero-order valence-electron chi connectivity index (χ0n) is 15.3. The van der Waals surface area contributed by atoms with Crippen LogP contribution in [0.3, 0.4) is 0 Å². The monoisotopic (exact) mass is 388 g/mol. The van der Waals surface area contributed by atoms with Gasteiger partial charge in [-0.15, -0.1) is 10.2 Å². The Kier molecular flexibility index (Phi) is 3.98. The lowest BCUT2D eigenvalue weighted by molar-refractivity contribution is 0.505. The van der Waals surface area contributed by atoms with Crippen molar-refractivity contribution in [3.8, 4) is 0 Å². The van der Waals surface area contributed by atoms with Crippen LogP contribution in [0.25, 0.3) is 16.8 Å². The lowest BCUT2D eigenvalue weighted by Crippen LogP contribution is -2.39. The van der Waals surface area contributed by atoms with Crippen LogP contribution in [0, 0.1) is 5.92 Å². The van der Waals surface area contributed by atoms with E-state index in [0.29, 0.717) is 5.92 Å². The van der Waals surface area contributed by atoms with E-state index in [4.69, 9.17) is 0 Å². The molecule has 0 radical (unpaired) electrons. The minimum absolute atomic E-state index is 0.0356. The van der Waals surface area contributed by atoms with Crippen LogP contribution < -0.4 is 4.72 Å². The van der Waals surface area contributed by atoms with E-state index in [0.717, 1.165) is 61.2 Å². The van der Waals surface area contributed by atoms with Crippen molar-refractivity contribution in [2.75, 3.05) is 0 Å². The van der Waals surface area contributed by atoms with Crippen molar-refractivity contribution in [1.82, 2.24) is 29.3 Å². The predicted octanol–water partition coefficient (Wildman–Crippen LogP) is 2.35. The SMILES string of the molecule is C[C@H]1C[C@@H](NS(=O)(=O)C2CCCC2)C[C@H]1c1nnc2cnc3[nH]ccc3n12. The summed E-state index contributed by atoms with van der Waals surface area (Å²) in [7, 11) is -3.24. The maximum Gasteiger partial charge on any atom is 0.214 e. The van der Waals surface area contributed by atoms with E-state index >= 15 is 0 Å². The maximum atomic E-state index is 12.7. The molecule has 9 heteroatoms. The average Bonchev–Trinajstić information content (AvgIpc) is 3.40. The number of H-pyrrole nitrogens is 1. The summed E-state index contributed by atoms with van der Waals surface area (Å²) in [4.78, 5) is 7.49. The van der Waals surface area contributed by atoms with Gasteiger partial charge in [-0.25, -0.2) is 18.1 Å². The van der Waals surface area contributed by atoms with Gasteiger partial charge in [0.05, 0.1) is 17.0 Å². The van der Waals surface area contributed by atoms with Crippen LogP contribution >= 0.6 is 0 Å². The van der Waals surface area contributed by atoms with E-state index in [1.54, 1.807) is 6.20 Å². The second-order valence-corrected chi connectivity index (χ2v) is 10.0. The summed E-state index contributed by atoms with van der Waals surface area (Å²) in [6, 6.07) is 1.94. The van der Waals surface area contributed by atoms with Gasteiger partial charge in [0.1, 0.15) is 5.82 Å². The Bertz CT molecular complexity index is 1080. The predicted molar refractivity (Wildman–Crippen MR) is 102 cm³/mol. The number of sulfonamides is 1. The second-order valence-electron chi connectivity index (χ2n) is 8.04. The van der Waals surface area contributed by atoms with Crippen LogP contribution in [0.2, 0.25) is 0 Å². The molecule has 0 aliphatic heterocycles. The summed E-state index contributed by atoms with van der Waals surface area (Å²) in [6.07, 6.45) is 8.76. The molecule has 0 spiro atoms. The van der Waals surface area contributed by atoms with E-state index in [1.807, 2.05) is 16.7 Å². The molecule has 2 aliphatic carbocycles. The Morgan fingerprint density at radius 2 is 2.04 bits per heavy atom. The summed E-state index contributed by atoms with van der Waals surface area (Å²) in [5.41, 5.74) is 2.47. The standard InChI is InChI=1S/C18H24N6O2S/c1-11-8-12(23-27(25,26)13-4-2-3-5-13)9-14(11)18-22-21-16-10-20-17-15(24(16)18)6-7-19-17/h6-7,10-14,19,23H,2-5,8-9H2,1H3/t11-,12+,14+/m0/s1. The van der Waals surface area contributed by atoms with Crippen LogP contribution in [0.15, 0.2) is 18.5 Å². The Morgan fingerprint density at radius 3 is 2.85 bits per heavy atom. The van der Waals surface area contributed by atoms with Gasteiger partial charge in [-0.2, -0.15) is 0 Å². The van der Waals surface area contributed by atoms with Crippen LogP contribution in [0.5, 0.6) is 0 Å². The number of nitrogens with one attached hydrogen (secondary N) is 2. The van der Waals surface area contributed by atoms with Crippen LogP contribution in [0.1, 0.15) is 57.2 Å². The minimum atomic E-state index is -3.24. The van der Waals surface area contributed by atoms with Crippen molar-refractivity contribution in [2.24, 2.45) is 5.92 Å². The van der Waals surface area contributed by atoms with Crippen molar-refractivity contribution >= 4 is 26.8 Å². The molecule has 0 unspecified atom stereocenters. The number of aromatic amines is 1. The lowest BCUT2D eigenvalue weighted by Gasteiger charge is -2.17. The van der Waals surface area contributed by atoms with E-state index in [2.05, 4.69) is 31.8 Å². The summed E-state index contributed by atoms with van der Waals surface area (Å²) >= 11 is 0. The average molecular weight is 388 g/mol. The van der Waals surface area contributed by atoms with Crippen molar-refractivity contribution in [2.45, 2.75) is 62.7 Å². The van der Waals surface area contributed by atoms with Gasteiger partial charge < -0.3 is 4.98 Å². The van der Waals surface area contributed by atoms with Crippen LogP contribution in [-0.4, -0.2) is 44.3 Å². The minimum Gasteiger partial charge on any atom is -0.345 e. The topological polar surface area (TPSA) is 105 Å². The molecule has 144 valence electrons. The third-order valence-electron chi connectivity index (χ3n) is 6.25. The molecule has 0 aromatic carbocycles. The Morgan fingerprint density at radius 1 is 1.22 bits per heavy atom. The molecule has 2 aliphatic rings. The highest BCUT2D eigenvalue weighted by Gasteiger charge is 2.39.